The first-order valence-corrected chi connectivity index (χ1v) is 7.93. The van der Waals surface area contributed by atoms with Crippen molar-refractivity contribution in [1.29, 1.82) is 0 Å². The Kier molecular flexibility index (Phi) is 6.05. The van der Waals surface area contributed by atoms with Gasteiger partial charge in [0.25, 0.3) is 5.56 Å². The molecule has 0 radical (unpaired) electrons. The lowest BCUT2D eigenvalue weighted by atomic mass is 10.1. The van der Waals surface area contributed by atoms with Crippen molar-refractivity contribution in [2.45, 2.75) is 32.9 Å². The first kappa shape index (κ1) is 18.4. The van der Waals surface area contributed by atoms with E-state index in [1.807, 2.05) is 6.92 Å². The molecule has 0 spiro atoms. The summed E-state index contributed by atoms with van der Waals surface area (Å²) in [7, 11) is 1.53. The Morgan fingerprint density at radius 2 is 1.84 bits per heavy atom. The first-order valence-electron chi connectivity index (χ1n) is 7.93. The van der Waals surface area contributed by atoms with Gasteiger partial charge in [-0.3, -0.25) is 9.59 Å². The predicted molar refractivity (Wildman–Crippen MR) is 91.0 cm³/mol. The molecule has 0 aliphatic rings. The SMILES string of the molecule is CCCn1nc(C(=O)OC(C)C(=O)c2ccc(OC)cc2)ccc1=O. The zero-order valence-corrected chi connectivity index (χ0v) is 14.4. The van der Waals surface area contributed by atoms with E-state index in [2.05, 4.69) is 5.10 Å². The van der Waals surface area contributed by atoms with Crippen LogP contribution in [-0.2, 0) is 11.3 Å². The Morgan fingerprint density at radius 1 is 1.16 bits per heavy atom. The Balaban J connectivity index is 2.09. The number of carbonyl (C=O) groups excluding carboxylic acids is 2. The van der Waals surface area contributed by atoms with Gasteiger partial charge in [0, 0.05) is 18.2 Å². The van der Waals surface area contributed by atoms with Crippen molar-refractivity contribution in [2.24, 2.45) is 0 Å². The Bertz CT molecular complexity index is 811. The molecule has 1 aromatic carbocycles. The van der Waals surface area contributed by atoms with Crippen LogP contribution in [0.4, 0.5) is 0 Å². The van der Waals surface area contributed by atoms with Crippen molar-refractivity contribution >= 4 is 11.8 Å². The maximum atomic E-state index is 12.3. The molecule has 2 rings (SSSR count). The zero-order chi connectivity index (χ0) is 18.4. The highest BCUT2D eigenvalue weighted by molar-refractivity contribution is 6.01. The van der Waals surface area contributed by atoms with Crippen LogP contribution in [0.2, 0.25) is 0 Å². The van der Waals surface area contributed by atoms with Crippen LogP contribution in [0.25, 0.3) is 0 Å². The number of esters is 1. The van der Waals surface area contributed by atoms with Crippen molar-refractivity contribution in [2.75, 3.05) is 7.11 Å². The van der Waals surface area contributed by atoms with E-state index in [1.54, 1.807) is 24.3 Å². The van der Waals surface area contributed by atoms with E-state index in [1.165, 1.54) is 30.8 Å². The number of nitrogens with zero attached hydrogens (tertiary/aromatic N) is 2. The number of rotatable bonds is 7. The molecule has 1 unspecified atom stereocenters. The highest BCUT2D eigenvalue weighted by atomic mass is 16.5. The Hall–Kier alpha value is -2.96. The molecule has 0 fully saturated rings. The lowest BCUT2D eigenvalue weighted by Crippen LogP contribution is -2.28. The van der Waals surface area contributed by atoms with Gasteiger partial charge < -0.3 is 9.47 Å². The monoisotopic (exact) mass is 344 g/mol. The molecule has 1 aromatic heterocycles. The second-order valence-electron chi connectivity index (χ2n) is 5.42. The van der Waals surface area contributed by atoms with Crippen LogP contribution < -0.4 is 10.3 Å². The second-order valence-corrected chi connectivity index (χ2v) is 5.42. The lowest BCUT2D eigenvalue weighted by molar-refractivity contribution is 0.0310. The second kappa shape index (κ2) is 8.23. The predicted octanol–water partition coefficient (Wildman–Crippen LogP) is 2.09. The van der Waals surface area contributed by atoms with E-state index >= 15 is 0 Å². The third-order valence-electron chi connectivity index (χ3n) is 3.54. The molecule has 132 valence electrons. The number of carbonyl (C=O) groups is 2. The molecule has 0 saturated heterocycles. The third-order valence-corrected chi connectivity index (χ3v) is 3.54. The van der Waals surface area contributed by atoms with Gasteiger partial charge >= 0.3 is 5.97 Å². The van der Waals surface area contributed by atoms with Crippen LogP contribution in [0.15, 0.2) is 41.2 Å². The van der Waals surface area contributed by atoms with Crippen molar-refractivity contribution in [3.05, 3.63) is 58.0 Å². The minimum atomic E-state index is -0.978. The smallest absolute Gasteiger partial charge is 0.359 e. The Morgan fingerprint density at radius 3 is 2.44 bits per heavy atom. The van der Waals surface area contributed by atoms with E-state index < -0.39 is 12.1 Å². The summed E-state index contributed by atoms with van der Waals surface area (Å²) < 4.78 is 11.4. The van der Waals surface area contributed by atoms with Crippen LogP contribution in [0.5, 0.6) is 5.75 Å². The van der Waals surface area contributed by atoms with Gasteiger partial charge in [-0.1, -0.05) is 6.92 Å². The molecule has 0 amide bonds. The highest BCUT2D eigenvalue weighted by Gasteiger charge is 2.21. The first-order chi connectivity index (χ1) is 12.0. The van der Waals surface area contributed by atoms with Gasteiger partial charge in [0.05, 0.1) is 7.11 Å². The third kappa shape index (κ3) is 4.53. The van der Waals surface area contributed by atoms with Crippen molar-refractivity contribution < 1.29 is 19.1 Å². The van der Waals surface area contributed by atoms with E-state index in [-0.39, 0.29) is 17.0 Å². The van der Waals surface area contributed by atoms with E-state index in [0.29, 0.717) is 24.3 Å². The summed E-state index contributed by atoms with van der Waals surface area (Å²) in [6.45, 7) is 3.79. The summed E-state index contributed by atoms with van der Waals surface area (Å²) in [4.78, 5) is 36.2. The van der Waals surface area contributed by atoms with Crippen molar-refractivity contribution in [3.63, 3.8) is 0 Å². The highest BCUT2D eigenvalue weighted by Crippen LogP contribution is 2.14. The van der Waals surface area contributed by atoms with Crippen LogP contribution in [0.1, 0.15) is 41.1 Å². The number of benzene rings is 1. The van der Waals surface area contributed by atoms with Gasteiger partial charge in [-0.2, -0.15) is 5.10 Å². The molecule has 1 atom stereocenters. The topological polar surface area (TPSA) is 87.5 Å². The van der Waals surface area contributed by atoms with Gasteiger partial charge in [0.15, 0.2) is 11.8 Å². The quantitative estimate of drug-likeness (QED) is 0.564. The van der Waals surface area contributed by atoms with E-state index in [4.69, 9.17) is 9.47 Å². The van der Waals surface area contributed by atoms with Crippen molar-refractivity contribution in [3.8, 4) is 5.75 Å². The largest absolute Gasteiger partial charge is 0.497 e. The standard InChI is InChI=1S/C18H20N2O5/c1-4-11-20-16(21)10-9-15(19-20)18(23)25-12(2)17(22)13-5-7-14(24-3)8-6-13/h5-10,12H,4,11H2,1-3H3. The summed E-state index contributed by atoms with van der Waals surface area (Å²) in [5.74, 6) is -0.458. The number of hydrogen-bond donors (Lipinski definition) is 0. The van der Waals surface area contributed by atoms with Crippen LogP contribution >= 0.6 is 0 Å². The molecule has 0 saturated carbocycles. The number of aryl methyl sites for hydroxylation is 1. The molecule has 0 N–H and O–H groups in total. The summed E-state index contributed by atoms with van der Waals surface area (Å²) in [6, 6.07) is 9.07. The normalized spacial score (nSPS) is 11.6. The lowest BCUT2D eigenvalue weighted by Gasteiger charge is -2.13. The molecule has 1 heterocycles. The number of methoxy groups -OCH3 is 1. The van der Waals surface area contributed by atoms with Gasteiger partial charge in [-0.25, -0.2) is 9.48 Å². The van der Waals surface area contributed by atoms with Crippen LogP contribution in [-0.4, -0.2) is 34.7 Å². The number of hydrogen-bond acceptors (Lipinski definition) is 6. The minimum absolute atomic E-state index is 0.0116. The van der Waals surface area contributed by atoms with Crippen LogP contribution in [0.3, 0.4) is 0 Å². The molecule has 7 heteroatoms. The number of ether oxygens (including phenoxy) is 2. The van der Waals surface area contributed by atoms with Crippen molar-refractivity contribution in [1.82, 2.24) is 9.78 Å². The number of aromatic nitrogens is 2. The summed E-state index contributed by atoms with van der Waals surface area (Å²) >= 11 is 0. The van der Waals surface area contributed by atoms with Crippen LogP contribution in [0, 0.1) is 0 Å². The van der Waals surface area contributed by atoms with E-state index in [0.717, 1.165) is 0 Å². The maximum absolute atomic E-state index is 12.3. The van der Waals surface area contributed by atoms with E-state index in [9.17, 15) is 14.4 Å². The summed E-state index contributed by atoms with van der Waals surface area (Å²) in [5.41, 5.74) is 0.105. The minimum Gasteiger partial charge on any atom is -0.497 e. The fraction of sp³-hybridized carbons (Fsp3) is 0.333. The average Bonchev–Trinajstić information content (AvgIpc) is 2.63. The number of ketones is 1. The van der Waals surface area contributed by atoms with Gasteiger partial charge in [0.1, 0.15) is 5.75 Å². The molecular formula is C18H20N2O5. The Labute approximate surface area is 145 Å². The fourth-order valence-electron chi connectivity index (χ4n) is 2.19. The molecule has 0 aliphatic carbocycles. The zero-order valence-electron chi connectivity index (χ0n) is 14.4. The summed E-state index contributed by atoms with van der Waals surface area (Å²) in [5, 5.41) is 3.97. The molecule has 7 nitrogen and oxygen atoms in total. The number of Topliss-reactive ketones (excluding diaryl/α,β-unsaturated/α-hetero) is 1. The van der Waals surface area contributed by atoms with Gasteiger partial charge in [-0.05, 0) is 43.7 Å². The molecule has 2 aromatic rings. The molecule has 25 heavy (non-hydrogen) atoms. The van der Waals surface area contributed by atoms with Gasteiger partial charge in [0.2, 0.25) is 5.78 Å². The maximum Gasteiger partial charge on any atom is 0.359 e. The fourth-order valence-corrected chi connectivity index (χ4v) is 2.19. The summed E-state index contributed by atoms with van der Waals surface area (Å²) in [6.07, 6.45) is -0.271. The molecule has 0 bridgehead atoms. The molecule has 0 aliphatic heterocycles. The van der Waals surface area contributed by atoms with Gasteiger partial charge in [-0.15, -0.1) is 0 Å². The molecular weight excluding hydrogens is 324 g/mol. The average molecular weight is 344 g/mol.